The number of benzene rings is 2. The summed E-state index contributed by atoms with van der Waals surface area (Å²) in [5, 5.41) is 3.23. The first kappa shape index (κ1) is 16.8. The van der Waals surface area contributed by atoms with Gasteiger partial charge in [-0.05, 0) is 43.2 Å². The van der Waals surface area contributed by atoms with E-state index >= 15 is 0 Å². The van der Waals surface area contributed by atoms with Gasteiger partial charge >= 0.3 is 0 Å². The molecule has 0 saturated carbocycles. The van der Waals surface area contributed by atoms with Crippen molar-refractivity contribution < 1.29 is 14.3 Å². The lowest BCUT2D eigenvalue weighted by Crippen LogP contribution is -2.46. The van der Waals surface area contributed by atoms with E-state index in [1.165, 1.54) is 5.69 Å². The summed E-state index contributed by atoms with van der Waals surface area (Å²) < 4.78 is 10.9. The van der Waals surface area contributed by atoms with E-state index in [2.05, 4.69) is 22.3 Å². The van der Waals surface area contributed by atoms with Gasteiger partial charge in [-0.2, -0.15) is 0 Å². The Morgan fingerprint density at radius 3 is 2.58 bits per heavy atom. The Kier molecular flexibility index (Phi) is 4.69. The monoisotopic (exact) mass is 352 g/mol. The smallest absolute Gasteiger partial charge is 0.231 e. The van der Waals surface area contributed by atoms with Crippen molar-refractivity contribution in [1.82, 2.24) is 5.32 Å². The zero-order chi connectivity index (χ0) is 17.9. The third-order valence-corrected chi connectivity index (χ3v) is 5.30. The summed E-state index contributed by atoms with van der Waals surface area (Å²) in [7, 11) is 1.68. The number of hydrogen-bond acceptors (Lipinski definition) is 4. The summed E-state index contributed by atoms with van der Waals surface area (Å²) >= 11 is 0. The summed E-state index contributed by atoms with van der Waals surface area (Å²) in [5.41, 5.74) is 2.20. The molecule has 4 rings (SSSR count). The van der Waals surface area contributed by atoms with Gasteiger partial charge in [-0.15, -0.1) is 0 Å². The molecule has 1 unspecified atom stereocenters. The second kappa shape index (κ2) is 7.28. The van der Waals surface area contributed by atoms with Crippen LogP contribution in [0.15, 0.2) is 48.5 Å². The van der Waals surface area contributed by atoms with Gasteiger partial charge in [0.1, 0.15) is 24.0 Å². The average Bonchev–Trinajstić information content (AvgIpc) is 3.13. The maximum absolute atomic E-state index is 12.7. The largest absolute Gasteiger partial charge is 0.497 e. The molecule has 0 aliphatic carbocycles. The van der Waals surface area contributed by atoms with Gasteiger partial charge in [0.15, 0.2) is 0 Å². The predicted molar refractivity (Wildman–Crippen MR) is 101 cm³/mol. The van der Waals surface area contributed by atoms with Crippen LogP contribution in [0.5, 0.6) is 11.5 Å². The number of anilines is 1. The minimum atomic E-state index is -0.189. The van der Waals surface area contributed by atoms with Crippen LogP contribution in [0.1, 0.15) is 24.3 Å². The summed E-state index contributed by atoms with van der Waals surface area (Å²) in [4.78, 5) is 15.0. The first-order valence-electron chi connectivity index (χ1n) is 9.15. The molecule has 2 heterocycles. The average molecular weight is 352 g/mol. The Labute approximate surface area is 153 Å². The van der Waals surface area contributed by atoms with Gasteiger partial charge in [-0.25, -0.2) is 0 Å². The number of methoxy groups -OCH3 is 1. The Hall–Kier alpha value is -2.69. The zero-order valence-electron chi connectivity index (χ0n) is 15.0. The number of para-hydroxylation sites is 1. The van der Waals surface area contributed by atoms with Crippen molar-refractivity contribution in [3.8, 4) is 11.5 Å². The maximum Gasteiger partial charge on any atom is 0.231 e. The van der Waals surface area contributed by atoms with Crippen molar-refractivity contribution in [2.75, 3.05) is 31.7 Å². The molecule has 5 nitrogen and oxygen atoms in total. The normalized spacial score (nSPS) is 19.6. The van der Waals surface area contributed by atoms with E-state index in [9.17, 15) is 4.79 Å². The van der Waals surface area contributed by atoms with E-state index in [0.717, 1.165) is 43.0 Å². The van der Waals surface area contributed by atoms with Gasteiger partial charge in [0, 0.05) is 30.4 Å². The van der Waals surface area contributed by atoms with Crippen molar-refractivity contribution in [2.45, 2.75) is 24.8 Å². The number of nitrogens with zero attached hydrogens (tertiary/aromatic N) is 1. The van der Waals surface area contributed by atoms with Gasteiger partial charge in [0.2, 0.25) is 5.91 Å². The Balaban J connectivity index is 1.32. The number of rotatable bonds is 4. The third kappa shape index (κ3) is 3.34. The summed E-state index contributed by atoms with van der Waals surface area (Å²) in [6, 6.07) is 16.2. The summed E-state index contributed by atoms with van der Waals surface area (Å²) in [6.45, 7) is 2.32. The number of piperidine rings is 1. The van der Waals surface area contributed by atoms with Gasteiger partial charge in [0.25, 0.3) is 0 Å². The summed E-state index contributed by atoms with van der Waals surface area (Å²) in [5.74, 6) is 1.60. The fourth-order valence-corrected chi connectivity index (χ4v) is 3.76. The number of hydrogen-bond donors (Lipinski definition) is 1. The van der Waals surface area contributed by atoms with Crippen molar-refractivity contribution in [3.63, 3.8) is 0 Å². The van der Waals surface area contributed by atoms with Crippen molar-refractivity contribution in [3.05, 3.63) is 54.1 Å². The van der Waals surface area contributed by atoms with Gasteiger partial charge < -0.3 is 19.7 Å². The molecule has 2 aromatic carbocycles. The highest BCUT2D eigenvalue weighted by atomic mass is 16.5. The molecule has 0 radical (unpaired) electrons. The predicted octanol–water partition coefficient (Wildman–Crippen LogP) is 2.96. The van der Waals surface area contributed by atoms with Gasteiger partial charge in [-0.3, -0.25) is 4.79 Å². The molecule has 136 valence electrons. The van der Waals surface area contributed by atoms with Crippen LogP contribution >= 0.6 is 0 Å². The first-order chi connectivity index (χ1) is 12.7. The van der Waals surface area contributed by atoms with Crippen molar-refractivity contribution >= 4 is 11.6 Å². The fraction of sp³-hybridized carbons (Fsp3) is 0.381. The zero-order valence-corrected chi connectivity index (χ0v) is 15.0. The number of fused-ring (bicyclic) bond motifs is 1. The van der Waals surface area contributed by atoms with E-state index in [-0.39, 0.29) is 17.9 Å². The maximum atomic E-state index is 12.7. The Morgan fingerprint density at radius 1 is 1.12 bits per heavy atom. The van der Waals surface area contributed by atoms with E-state index in [4.69, 9.17) is 9.47 Å². The molecule has 1 atom stereocenters. The Morgan fingerprint density at radius 2 is 1.85 bits per heavy atom. The van der Waals surface area contributed by atoms with Crippen molar-refractivity contribution in [2.24, 2.45) is 0 Å². The molecular weight excluding hydrogens is 328 g/mol. The Bertz CT molecular complexity index is 767. The molecule has 2 aromatic rings. The summed E-state index contributed by atoms with van der Waals surface area (Å²) in [6.07, 6.45) is 1.90. The fourth-order valence-electron chi connectivity index (χ4n) is 3.76. The van der Waals surface area contributed by atoms with Gasteiger partial charge in [-0.1, -0.05) is 18.2 Å². The quantitative estimate of drug-likeness (QED) is 0.919. The van der Waals surface area contributed by atoms with Crippen LogP contribution in [-0.2, 0) is 4.79 Å². The molecule has 1 fully saturated rings. The molecule has 1 N–H and O–H groups in total. The molecule has 2 aliphatic heterocycles. The lowest BCUT2D eigenvalue weighted by atomic mass is 9.98. The highest BCUT2D eigenvalue weighted by Crippen LogP contribution is 2.33. The van der Waals surface area contributed by atoms with Crippen molar-refractivity contribution in [1.29, 1.82) is 0 Å². The van der Waals surface area contributed by atoms with Crippen LogP contribution < -0.4 is 19.7 Å². The van der Waals surface area contributed by atoms with Crippen LogP contribution in [0.3, 0.4) is 0 Å². The molecule has 1 amide bonds. The first-order valence-corrected chi connectivity index (χ1v) is 9.15. The standard InChI is InChI=1S/C21H24N2O3/c1-25-17-8-6-16(7-9-17)23-12-10-15(11-13-23)22-21(24)19-14-26-20-5-3-2-4-18(19)20/h2-9,15,19H,10-14H2,1H3,(H,22,24). The SMILES string of the molecule is COc1ccc(N2CCC(NC(=O)C3COc4ccccc43)CC2)cc1. The number of carbonyl (C=O) groups excluding carboxylic acids is 1. The van der Waals surface area contributed by atoms with Crippen LogP contribution in [0.2, 0.25) is 0 Å². The van der Waals surface area contributed by atoms with Crippen LogP contribution in [0.4, 0.5) is 5.69 Å². The minimum absolute atomic E-state index is 0.0813. The highest BCUT2D eigenvalue weighted by Gasteiger charge is 2.31. The van der Waals surface area contributed by atoms with E-state index in [1.807, 2.05) is 36.4 Å². The molecule has 0 spiro atoms. The topological polar surface area (TPSA) is 50.8 Å². The second-order valence-electron chi connectivity index (χ2n) is 6.87. The second-order valence-corrected chi connectivity index (χ2v) is 6.87. The molecule has 0 aromatic heterocycles. The van der Waals surface area contributed by atoms with E-state index < -0.39 is 0 Å². The number of amides is 1. The molecule has 0 bridgehead atoms. The van der Waals surface area contributed by atoms with E-state index in [0.29, 0.717) is 6.61 Å². The molecular formula is C21H24N2O3. The molecule has 1 saturated heterocycles. The number of nitrogens with one attached hydrogen (secondary N) is 1. The number of carbonyl (C=O) groups is 1. The highest BCUT2D eigenvalue weighted by molar-refractivity contribution is 5.85. The minimum Gasteiger partial charge on any atom is -0.497 e. The van der Waals surface area contributed by atoms with Crippen LogP contribution in [0.25, 0.3) is 0 Å². The lowest BCUT2D eigenvalue weighted by Gasteiger charge is -2.34. The molecule has 5 heteroatoms. The third-order valence-electron chi connectivity index (χ3n) is 5.30. The van der Waals surface area contributed by atoms with Gasteiger partial charge in [0.05, 0.1) is 7.11 Å². The van der Waals surface area contributed by atoms with Crippen LogP contribution in [-0.4, -0.2) is 38.8 Å². The lowest BCUT2D eigenvalue weighted by molar-refractivity contribution is -0.123. The molecule has 26 heavy (non-hydrogen) atoms. The number of ether oxygens (including phenoxy) is 2. The molecule has 2 aliphatic rings. The van der Waals surface area contributed by atoms with E-state index in [1.54, 1.807) is 7.11 Å². The van der Waals surface area contributed by atoms with Crippen LogP contribution in [0, 0.1) is 0 Å².